The van der Waals surface area contributed by atoms with E-state index in [2.05, 4.69) is 0 Å². The molecule has 1 aliphatic rings. The molecule has 0 aromatic carbocycles. The number of ether oxygens (including phenoxy) is 1. The highest BCUT2D eigenvalue weighted by Gasteiger charge is 2.39. The zero-order chi connectivity index (χ0) is 16.1. The maximum atomic E-state index is 12.7. The summed E-state index contributed by atoms with van der Waals surface area (Å²) in [4.78, 5) is 28.1. The Morgan fingerprint density at radius 1 is 1.32 bits per heavy atom. The van der Waals surface area contributed by atoms with Crippen LogP contribution in [-0.2, 0) is 14.3 Å². The Morgan fingerprint density at radius 2 is 2.09 bits per heavy atom. The van der Waals surface area contributed by atoms with Crippen LogP contribution in [-0.4, -0.2) is 41.7 Å². The largest absolute Gasteiger partial charge is 0.382 e. The quantitative estimate of drug-likeness (QED) is 0.538. The molecule has 22 heavy (non-hydrogen) atoms. The van der Waals surface area contributed by atoms with Gasteiger partial charge in [-0.1, -0.05) is 19.9 Å². The minimum absolute atomic E-state index is 0.163. The van der Waals surface area contributed by atoms with E-state index in [1.807, 2.05) is 38.3 Å². The number of carbonyl (C=O) groups excluding carboxylic acids is 2. The fourth-order valence-corrected chi connectivity index (χ4v) is 4.04. The predicted molar refractivity (Wildman–Crippen MR) is 91.8 cm³/mol. The minimum atomic E-state index is -0.174. The van der Waals surface area contributed by atoms with E-state index in [1.54, 1.807) is 0 Å². The van der Waals surface area contributed by atoms with Crippen molar-refractivity contribution in [1.82, 2.24) is 4.90 Å². The third-order valence-electron chi connectivity index (χ3n) is 3.12. The number of rotatable bonds is 8. The first kappa shape index (κ1) is 17.2. The zero-order valence-electron chi connectivity index (χ0n) is 13.1. The van der Waals surface area contributed by atoms with E-state index in [1.165, 1.54) is 28.0 Å². The molecule has 0 aliphatic carbocycles. The highest BCUT2D eigenvalue weighted by atomic mass is 32.2. The van der Waals surface area contributed by atoms with Crippen LogP contribution in [0.1, 0.15) is 32.1 Å². The average Bonchev–Trinajstić information content (AvgIpc) is 3.05. The lowest BCUT2D eigenvalue weighted by molar-refractivity contribution is -0.136. The summed E-state index contributed by atoms with van der Waals surface area (Å²) in [7, 11) is 0. The molecule has 6 heteroatoms. The van der Waals surface area contributed by atoms with Crippen molar-refractivity contribution in [2.24, 2.45) is 0 Å². The van der Waals surface area contributed by atoms with Gasteiger partial charge in [0.1, 0.15) is 0 Å². The van der Waals surface area contributed by atoms with E-state index >= 15 is 0 Å². The van der Waals surface area contributed by atoms with E-state index in [9.17, 15) is 9.59 Å². The Hall–Kier alpha value is -1.11. The van der Waals surface area contributed by atoms with Crippen molar-refractivity contribution in [3.05, 3.63) is 27.3 Å². The molecule has 0 bridgehead atoms. The second kappa shape index (κ2) is 7.94. The molecular formula is C16H21NO3S2. The Kier molecular flexibility index (Phi) is 6.23. The SMILES string of the molecule is CCOCCCN1C(=O)C(SC(C)C)=C(c2cccs2)C1=O. The van der Waals surface area contributed by atoms with Crippen LogP contribution in [0.4, 0.5) is 0 Å². The van der Waals surface area contributed by atoms with Gasteiger partial charge in [0.15, 0.2) is 0 Å². The Bertz CT molecular complexity index is 564. The molecule has 2 rings (SSSR count). The third kappa shape index (κ3) is 3.80. The average molecular weight is 339 g/mol. The van der Waals surface area contributed by atoms with Gasteiger partial charge in [0.2, 0.25) is 0 Å². The highest BCUT2D eigenvalue weighted by Crippen LogP contribution is 2.39. The number of thioether (sulfide) groups is 1. The van der Waals surface area contributed by atoms with Crippen LogP contribution < -0.4 is 0 Å². The number of hydrogen-bond acceptors (Lipinski definition) is 5. The van der Waals surface area contributed by atoms with E-state index in [0.29, 0.717) is 36.7 Å². The molecule has 0 radical (unpaired) electrons. The number of thiophene rings is 1. The summed E-state index contributed by atoms with van der Waals surface area (Å²) in [5, 5.41) is 2.18. The van der Waals surface area contributed by atoms with Crippen LogP contribution in [0.2, 0.25) is 0 Å². The summed E-state index contributed by atoms with van der Waals surface area (Å²) in [5.41, 5.74) is 0.565. The lowest BCUT2D eigenvalue weighted by Crippen LogP contribution is -2.33. The summed E-state index contributed by atoms with van der Waals surface area (Å²) in [6.45, 7) is 7.61. The van der Waals surface area contributed by atoms with Gasteiger partial charge in [0.05, 0.1) is 10.5 Å². The monoisotopic (exact) mass is 339 g/mol. The molecule has 0 saturated heterocycles. The summed E-state index contributed by atoms with van der Waals surface area (Å²) in [5.74, 6) is -0.337. The molecule has 120 valence electrons. The molecular weight excluding hydrogens is 318 g/mol. The molecule has 4 nitrogen and oxygen atoms in total. The molecule has 2 amide bonds. The number of nitrogens with zero attached hydrogens (tertiary/aromatic N) is 1. The molecule has 1 aromatic heterocycles. The number of imide groups is 1. The van der Waals surface area contributed by atoms with E-state index in [0.717, 1.165) is 4.88 Å². The van der Waals surface area contributed by atoms with Crippen molar-refractivity contribution in [2.75, 3.05) is 19.8 Å². The lowest BCUT2D eigenvalue weighted by Gasteiger charge is -2.15. The molecule has 2 heterocycles. The maximum absolute atomic E-state index is 12.7. The summed E-state index contributed by atoms with van der Waals surface area (Å²) >= 11 is 2.97. The van der Waals surface area contributed by atoms with Gasteiger partial charge in [-0.3, -0.25) is 14.5 Å². The second-order valence-corrected chi connectivity index (χ2v) is 7.69. The normalized spacial score (nSPS) is 15.5. The topological polar surface area (TPSA) is 46.6 Å². The molecule has 0 saturated carbocycles. The van der Waals surface area contributed by atoms with Gasteiger partial charge in [-0.2, -0.15) is 0 Å². The number of amides is 2. The summed E-state index contributed by atoms with van der Waals surface area (Å²) in [6.07, 6.45) is 0.669. The molecule has 1 aromatic rings. The minimum Gasteiger partial charge on any atom is -0.382 e. The predicted octanol–water partition coefficient (Wildman–Crippen LogP) is 3.40. The van der Waals surface area contributed by atoms with E-state index < -0.39 is 0 Å². The van der Waals surface area contributed by atoms with Gasteiger partial charge in [-0.15, -0.1) is 23.1 Å². The standard InChI is InChI=1S/C16H21NO3S2/c1-4-20-9-6-8-17-15(18)13(12-7-5-10-21-12)14(16(17)19)22-11(2)3/h5,7,10-11H,4,6,8-9H2,1-3H3. The first-order chi connectivity index (χ1) is 10.6. The van der Waals surface area contributed by atoms with Crippen LogP contribution >= 0.6 is 23.1 Å². The zero-order valence-corrected chi connectivity index (χ0v) is 14.8. The van der Waals surface area contributed by atoms with Crippen LogP contribution in [0, 0.1) is 0 Å². The van der Waals surface area contributed by atoms with Crippen molar-refractivity contribution in [2.45, 2.75) is 32.4 Å². The van der Waals surface area contributed by atoms with Gasteiger partial charge in [0, 0.05) is 29.9 Å². The Labute approximate surface area is 139 Å². The molecule has 0 N–H and O–H groups in total. The fourth-order valence-electron chi connectivity index (χ4n) is 2.21. The van der Waals surface area contributed by atoms with Crippen molar-refractivity contribution in [3.8, 4) is 0 Å². The third-order valence-corrected chi connectivity index (χ3v) is 5.09. The van der Waals surface area contributed by atoms with Crippen LogP contribution in [0.5, 0.6) is 0 Å². The Balaban J connectivity index is 2.20. The van der Waals surface area contributed by atoms with Crippen LogP contribution in [0.25, 0.3) is 5.57 Å². The van der Waals surface area contributed by atoms with E-state index in [-0.39, 0.29) is 17.1 Å². The first-order valence-corrected chi connectivity index (χ1v) is 9.21. The van der Waals surface area contributed by atoms with Crippen molar-refractivity contribution >= 4 is 40.5 Å². The van der Waals surface area contributed by atoms with Gasteiger partial charge in [-0.25, -0.2) is 0 Å². The molecule has 0 atom stereocenters. The highest BCUT2D eigenvalue weighted by molar-refractivity contribution is 8.04. The number of hydrogen-bond donors (Lipinski definition) is 0. The van der Waals surface area contributed by atoms with Crippen LogP contribution in [0.15, 0.2) is 22.4 Å². The van der Waals surface area contributed by atoms with Gasteiger partial charge < -0.3 is 4.74 Å². The van der Waals surface area contributed by atoms with Gasteiger partial charge >= 0.3 is 0 Å². The second-order valence-electron chi connectivity index (χ2n) is 5.16. The Morgan fingerprint density at radius 3 is 2.68 bits per heavy atom. The molecule has 0 unspecified atom stereocenters. The first-order valence-electron chi connectivity index (χ1n) is 7.45. The van der Waals surface area contributed by atoms with Gasteiger partial charge in [-0.05, 0) is 24.8 Å². The number of carbonyl (C=O) groups is 2. The molecule has 0 spiro atoms. The molecule has 0 fully saturated rings. The smallest absolute Gasteiger partial charge is 0.268 e. The van der Waals surface area contributed by atoms with Crippen molar-refractivity contribution in [1.29, 1.82) is 0 Å². The van der Waals surface area contributed by atoms with Crippen molar-refractivity contribution in [3.63, 3.8) is 0 Å². The fraction of sp³-hybridized carbons (Fsp3) is 0.500. The summed E-state index contributed by atoms with van der Waals surface area (Å²) in [6, 6.07) is 3.80. The maximum Gasteiger partial charge on any atom is 0.268 e. The van der Waals surface area contributed by atoms with Crippen molar-refractivity contribution < 1.29 is 14.3 Å². The lowest BCUT2D eigenvalue weighted by atomic mass is 10.2. The van der Waals surface area contributed by atoms with Gasteiger partial charge in [0.25, 0.3) is 11.8 Å². The van der Waals surface area contributed by atoms with E-state index in [4.69, 9.17) is 4.74 Å². The van der Waals surface area contributed by atoms with Crippen LogP contribution in [0.3, 0.4) is 0 Å². The molecule has 1 aliphatic heterocycles. The summed E-state index contributed by atoms with van der Waals surface area (Å²) < 4.78 is 5.29.